The highest BCUT2D eigenvalue weighted by atomic mass is 16.4. The summed E-state index contributed by atoms with van der Waals surface area (Å²) in [7, 11) is 0. The molecule has 0 saturated carbocycles. The third-order valence-corrected chi connectivity index (χ3v) is 4.78. The predicted octanol–water partition coefficient (Wildman–Crippen LogP) is 1.02. The molecular weight excluding hydrogens is 338 g/mol. The first-order valence-corrected chi connectivity index (χ1v) is 8.40. The SMILES string of the molecule is CC(=O)N1CCN([C@@H](C(=O)O)c2cn(CC(=O)O)c3ccccc23)CC1. The van der Waals surface area contributed by atoms with Gasteiger partial charge >= 0.3 is 11.9 Å². The predicted molar refractivity (Wildman–Crippen MR) is 93.8 cm³/mol. The number of carbonyl (C=O) groups excluding carboxylic acids is 1. The molecule has 1 fully saturated rings. The number of carboxylic acid groups (broad SMARTS) is 2. The summed E-state index contributed by atoms with van der Waals surface area (Å²) in [6.07, 6.45) is 1.62. The molecule has 1 aliphatic rings. The molecule has 8 heteroatoms. The van der Waals surface area contributed by atoms with E-state index in [-0.39, 0.29) is 12.5 Å². The molecule has 0 bridgehead atoms. The highest BCUT2D eigenvalue weighted by Gasteiger charge is 2.33. The molecule has 0 unspecified atom stereocenters. The second kappa shape index (κ2) is 7.17. The molecule has 1 atom stereocenters. The van der Waals surface area contributed by atoms with Crippen molar-refractivity contribution >= 4 is 28.7 Å². The van der Waals surface area contributed by atoms with Gasteiger partial charge in [-0.2, -0.15) is 0 Å². The maximum atomic E-state index is 12.0. The average molecular weight is 359 g/mol. The van der Waals surface area contributed by atoms with Crippen LogP contribution in [0.25, 0.3) is 10.9 Å². The second-order valence-corrected chi connectivity index (χ2v) is 6.41. The van der Waals surface area contributed by atoms with Crippen molar-refractivity contribution in [2.75, 3.05) is 26.2 Å². The maximum Gasteiger partial charge on any atom is 0.325 e. The molecule has 1 aromatic carbocycles. The molecule has 1 aliphatic heterocycles. The van der Waals surface area contributed by atoms with Gasteiger partial charge < -0.3 is 19.7 Å². The first-order chi connectivity index (χ1) is 12.4. The van der Waals surface area contributed by atoms with E-state index in [4.69, 9.17) is 5.11 Å². The Hall–Kier alpha value is -2.87. The molecule has 26 heavy (non-hydrogen) atoms. The van der Waals surface area contributed by atoms with Crippen LogP contribution in [0.2, 0.25) is 0 Å². The van der Waals surface area contributed by atoms with Gasteiger partial charge in [0, 0.05) is 55.8 Å². The molecule has 2 aromatic rings. The van der Waals surface area contributed by atoms with Crippen molar-refractivity contribution in [3.8, 4) is 0 Å². The highest BCUT2D eigenvalue weighted by molar-refractivity contribution is 5.90. The monoisotopic (exact) mass is 359 g/mol. The summed E-state index contributed by atoms with van der Waals surface area (Å²) in [5.74, 6) is -1.99. The minimum Gasteiger partial charge on any atom is -0.480 e. The number of aromatic nitrogens is 1. The molecule has 8 nitrogen and oxygen atoms in total. The summed E-state index contributed by atoms with van der Waals surface area (Å²) in [5, 5.41) is 19.7. The third kappa shape index (κ3) is 3.41. The Morgan fingerprint density at radius 1 is 1.08 bits per heavy atom. The Labute approximate surface area is 150 Å². The first kappa shape index (κ1) is 17.9. The van der Waals surface area contributed by atoms with Gasteiger partial charge in [-0.15, -0.1) is 0 Å². The normalized spacial score (nSPS) is 16.6. The molecular formula is C18H21N3O5. The van der Waals surface area contributed by atoms with Gasteiger partial charge in [0.15, 0.2) is 0 Å². The van der Waals surface area contributed by atoms with Crippen LogP contribution in [0.15, 0.2) is 30.5 Å². The Kier molecular flexibility index (Phi) is 4.94. The summed E-state index contributed by atoms with van der Waals surface area (Å²) in [5.41, 5.74) is 1.27. The van der Waals surface area contributed by atoms with Crippen LogP contribution in [0.3, 0.4) is 0 Å². The van der Waals surface area contributed by atoms with E-state index in [1.807, 2.05) is 17.0 Å². The van der Waals surface area contributed by atoms with E-state index in [0.29, 0.717) is 37.3 Å². The van der Waals surface area contributed by atoms with Crippen LogP contribution >= 0.6 is 0 Å². The van der Waals surface area contributed by atoms with Crippen molar-refractivity contribution in [2.45, 2.75) is 19.5 Å². The molecule has 0 radical (unpaired) electrons. The maximum absolute atomic E-state index is 12.0. The third-order valence-electron chi connectivity index (χ3n) is 4.78. The number of hydrogen-bond donors (Lipinski definition) is 2. The lowest BCUT2D eigenvalue weighted by Crippen LogP contribution is -2.50. The van der Waals surface area contributed by atoms with Gasteiger partial charge in [0.05, 0.1) is 0 Å². The highest BCUT2D eigenvalue weighted by Crippen LogP contribution is 2.31. The molecule has 2 N–H and O–H groups in total. The zero-order valence-electron chi connectivity index (χ0n) is 14.5. The number of para-hydroxylation sites is 1. The fraction of sp³-hybridized carbons (Fsp3) is 0.389. The van der Waals surface area contributed by atoms with E-state index in [1.54, 1.807) is 27.8 Å². The largest absolute Gasteiger partial charge is 0.480 e. The number of hydrogen-bond acceptors (Lipinski definition) is 4. The number of benzene rings is 1. The van der Waals surface area contributed by atoms with Crippen LogP contribution in [0.1, 0.15) is 18.5 Å². The van der Waals surface area contributed by atoms with Gasteiger partial charge in [-0.25, -0.2) is 0 Å². The topological polar surface area (TPSA) is 103 Å². The van der Waals surface area contributed by atoms with E-state index < -0.39 is 18.0 Å². The van der Waals surface area contributed by atoms with Crippen molar-refractivity contribution < 1.29 is 24.6 Å². The lowest BCUT2D eigenvalue weighted by Gasteiger charge is -2.37. The number of carbonyl (C=O) groups is 3. The van der Waals surface area contributed by atoms with Gasteiger partial charge in [-0.1, -0.05) is 18.2 Å². The zero-order chi connectivity index (χ0) is 18.8. The van der Waals surface area contributed by atoms with E-state index in [9.17, 15) is 19.5 Å². The van der Waals surface area contributed by atoms with Crippen molar-refractivity contribution in [3.63, 3.8) is 0 Å². The van der Waals surface area contributed by atoms with Crippen LogP contribution in [-0.2, 0) is 20.9 Å². The van der Waals surface area contributed by atoms with Gasteiger partial charge in [0.2, 0.25) is 5.91 Å². The van der Waals surface area contributed by atoms with Crippen LogP contribution in [0, 0.1) is 0 Å². The number of piperazine rings is 1. The minimum absolute atomic E-state index is 0.0189. The van der Waals surface area contributed by atoms with Crippen LogP contribution in [-0.4, -0.2) is 68.6 Å². The number of amides is 1. The van der Waals surface area contributed by atoms with Crippen molar-refractivity contribution in [1.29, 1.82) is 0 Å². The lowest BCUT2D eigenvalue weighted by molar-refractivity contribution is -0.145. The number of carboxylic acids is 2. The van der Waals surface area contributed by atoms with E-state index in [2.05, 4.69) is 0 Å². The number of aliphatic carboxylic acids is 2. The molecule has 138 valence electrons. The molecule has 3 rings (SSSR count). The molecule has 2 heterocycles. The number of nitrogens with zero attached hydrogens (tertiary/aromatic N) is 3. The van der Waals surface area contributed by atoms with Crippen molar-refractivity contribution in [1.82, 2.24) is 14.4 Å². The fourth-order valence-electron chi connectivity index (χ4n) is 3.55. The summed E-state index contributed by atoms with van der Waals surface area (Å²) in [4.78, 5) is 38.2. The van der Waals surface area contributed by atoms with Crippen LogP contribution in [0.5, 0.6) is 0 Å². The van der Waals surface area contributed by atoms with E-state index >= 15 is 0 Å². The summed E-state index contributed by atoms with van der Waals surface area (Å²) >= 11 is 0. The van der Waals surface area contributed by atoms with Crippen LogP contribution in [0.4, 0.5) is 0 Å². The van der Waals surface area contributed by atoms with Gasteiger partial charge in [0.1, 0.15) is 12.6 Å². The first-order valence-electron chi connectivity index (χ1n) is 8.40. The van der Waals surface area contributed by atoms with Crippen molar-refractivity contribution in [2.24, 2.45) is 0 Å². The van der Waals surface area contributed by atoms with Gasteiger partial charge in [-0.05, 0) is 6.07 Å². The Morgan fingerprint density at radius 3 is 2.31 bits per heavy atom. The fourth-order valence-corrected chi connectivity index (χ4v) is 3.55. The smallest absolute Gasteiger partial charge is 0.325 e. The lowest BCUT2D eigenvalue weighted by atomic mass is 10.0. The summed E-state index contributed by atoms with van der Waals surface area (Å²) in [6, 6.07) is 6.32. The second-order valence-electron chi connectivity index (χ2n) is 6.41. The molecule has 1 amide bonds. The molecule has 0 aliphatic carbocycles. The van der Waals surface area contributed by atoms with Gasteiger partial charge in [0.25, 0.3) is 0 Å². The average Bonchev–Trinajstić information content (AvgIpc) is 2.93. The number of rotatable bonds is 5. The Bertz CT molecular complexity index is 852. The van der Waals surface area contributed by atoms with E-state index in [1.165, 1.54) is 6.92 Å². The standard InChI is InChI=1S/C18H21N3O5/c1-12(22)19-6-8-20(9-7-19)17(18(25)26)14-10-21(11-16(23)24)15-5-3-2-4-13(14)15/h2-5,10,17H,6-9,11H2,1H3,(H,23,24)(H,25,26)/t17-/m1/s1. The van der Waals surface area contributed by atoms with Gasteiger partial charge in [-0.3, -0.25) is 19.3 Å². The zero-order valence-corrected chi connectivity index (χ0v) is 14.5. The number of fused-ring (bicyclic) bond motifs is 1. The Balaban J connectivity index is 1.97. The molecule has 1 saturated heterocycles. The summed E-state index contributed by atoms with van der Waals surface area (Å²) in [6.45, 7) is 3.14. The quantitative estimate of drug-likeness (QED) is 0.826. The molecule has 0 spiro atoms. The summed E-state index contributed by atoms with van der Waals surface area (Å²) < 4.78 is 1.56. The van der Waals surface area contributed by atoms with Crippen molar-refractivity contribution in [3.05, 3.63) is 36.0 Å². The van der Waals surface area contributed by atoms with Crippen LogP contribution < -0.4 is 0 Å². The van der Waals surface area contributed by atoms with E-state index in [0.717, 1.165) is 5.39 Å². The Morgan fingerprint density at radius 2 is 1.73 bits per heavy atom. The molecule has 1 aromatic heterocycles. The minimum atomic E-state index is -0.987.